The lowest BCUT2D eigenvalue weighted by atomic mass is 9.96. The molecule has 30 heavy (non-hydrogen) atoms. The normalized spacial score (nSPS) is 18.2. The zero-order chi connectivity index (χ0) is 20.5. The second-order valence-electron chi connectivity index (χ2n) is 7.73. The smallest absolute Gasteiger partial charge is 0.265 e. The van der Waals surface area contributed by atoms with Crippen LogP contribution in [0.2, 0.25) is 0 Å². The molecule has 1 aliphatic heterocycles. The fraction of sp³-hybridized carbons (Fsp3) is 0.381. The molecule has 0 aromatic heterocycles. The van der Waals surface area contributed by atoms with E-state index in [-0.39, 0.29) is 36.2 Å². The highest BCUT2D eigenvalue weighted by Gasteiger charge is 2.51. The molecule has 1 saturated heterocycles. The van der Waals surface area contributed by atoms with Crippen LogP contribution in [-0.2, 0) is 27.5 Å². The number of hydrogen-bond donors (Lipinski definition) is 4. The summed E-state index contributed by atoms with van der Waals surface area (Å²) in [6.45, 7) is 0.795. The first-order valence-electron chi connectivity index (χ1n) is 9.79. The quantitative estimate of drug-likeness (QED) is 0.409. The summed E-state index contributed by atoms with van der Waals surface area (Å²) in [6.07, 6.45) is 2.09. The molecule has 2 aromatic rings. The zero-order valence-corrected chi connectivity index (χ0v) is 18.1. The van der Waals surface area contributed by atoms with Crippen LogP contribution < -0.4 is 16.1 Å². The van der Waals surface area contributed by atoms with Crippen molar-refractivity contribution < 1.29 is 18.4 Å². The largest absolute Gasteiger partial charge is 0.382 e. The van der Waals surface area contributed by atoms with Gasteiger partial charge in [0.05, 0.1) is 4.90 Å². The van der Waals surface area contributed by atoms with Crippen molar-refractivity contribution in [1.82, 2.24) is 10.8 Å². The molecule has 162 valence electrons. The maximum absolute atomic E-state index is 13.3. The molecule has 0 saturated carbocycles. The average Bonchev–Trinajstić information content (AvgIpc) is 3.16. The molecule has 4 N–H and O–H groups in total. The fourth-order valence-electron chi connectivity index (χ4n) is 4.40. The van der Waals surface area contributed by atoms with Gasteiger partial charge in [-0.15, -0.1) is 12.4 Å². The number of carbonyl (C=O) groups is 1. The van der Waals surface area contributed by atoms with E-state index in [4.69, 9.17) is 5.21 Å². The lowest BCUT2D eigenvalue weighted by molar-refractivity contribution is -0.132. The van der Waals surface area contributed by atoms with Gasteiger partial charge in [0.2, 0.25) is 0 Å². The van der Waals surface area contributed by atoms with Gasteiger partial charge < -0.3 is 10.6 Å². The number of nitrogens with one attached hydrogen (secondary N) is 3. The van der Waals surface area contributed by atoms with E-state index in [0.717, 1.165) is 18.5 Å². The number of rotatable bonds is 5. The molecule has 4 rings (SSSR count). The van der Waals surface area contributed by atoms with Gasteiger partial charge in [-0.3, -0.25) is 10.0 Å². The molecule has 1 aliphatic carbocycles. The van der Waals surface area contributed by atoms with Crippen LogP contribution in [0, 0.1) is 0 Å². The predicted octanol–water partition coefficient (Wildman–Crippen LogP) is 2.09. The van der Waals surface area contributed by atoms with Gasteiger partial charge in [0, 0.05) is 11.7 Å². The third-order valence-electron chi connectivity index (χ3n) is 6.03. The number of fused-ring (bicyclic) bond motifs is 1. The summed E-state index contributed by atoms with van der Waals surface area (Å²) in [5.41, 5.74) is 5.08. The van der Waals surface area contributed by atoms with Crippen LogP contribution in [0.5, 0.6) is 0 Å². The van der Waals surface area contributed by atoms with E-state index in [9.17, 15) is 13.2 Å². The second-order valence-corrected chi connectivity index (χ2v) is 9.99. The first-order valence-corrected chi connectivity index (χ1v) is 11.3. The van der Waals surface area contributed by atoms with Crippen LogP contribution in [0.3, 0.4) is 0 Å². The SMILES string of the molecule is Cl.O=C(NO)C1(S(=O)(=O)c2ccc(NC3Cc4ccccc4C3)cc2)CCNCC1. The average molecular weight is 452 g/mol. The van der Waals surface area contributed by atoms with Gasteiger partial charge in [-0.05, 0) is 74.2 Å². The Kier molecular flexibility index (Phi) is 6.71. The molecule has 0 radical (unpaired) electrons. The Bertz CT molecular complexity index is 980. The number of hydroxylamine groups is 1. The molecule has 0 unspecified atom stereocenters. The minimum absolute atomic E-state index is 0. The standard InChI is InChI=1S/C21H25N3O4S.ClH/c25-20(24-26)21(9-11-22-12-10-21)29(27,28)19-7-5-17(6-8-19)23-18-13-15-3-1-2-4-16(15)14-18;/h1-8,18,22-23,26H,9-14H2,(H,24,25);1H. The van der Waals surface area contributed by atoms with Crippen molar-refractivity contribution >= 4 is 33.8 Å². The van der Waals surface area contributed by atoms with Crippen LogP contribution in [0.4, 0.5) is 5.69 Å². The lowest BCUT2D eigenvalue weighted by Gasteiger charge is -2.34. The number of carbonyl (C=O) groups excluding carboxylic acids is 1. The van der Waals surface area contributed by atoms with Crippen molar-refractivity contribution in [2.75, 3.05) is 18.4 Å². The molecule has 1 fully saturated rings. The van der Waals surface area contributed by atoms with Crippen molar-refractivity contribution in [2.24, 2.45) is 0 Å². The minimum Gasteiger partial charge on any atom is -0.382 e. The minimum atomic E-state index is -3.96. The predicted molar refractivity (Wildman–Crippen MR) is 117 cm³/mol. The Morgan fingerprint density at radius 2 is 1.57 bits per heavy atom. The van der Waals surface area contributed by atoms with Crippen molar-refractivity contribution in [2.45, 2.75) is 41.4 Å². The van der Waals surface area contributed by atoms with E-state index in [2.05, 4.69) is 22.8 Å². The fourth-order valence-corrected chi connectivity index (χ4v) is 6.38. The number of benzene rings is 2. The Morgan fingerprint density at radius 1 is 1.00 bits per heavy atom. The Morgan fingerprint density at radius 3 is 2.10 bits per heavy atom. The topological polar surface area (TPSA) is 108 Å². The van der Waals surface area contributed by atoms with Gasteiger partial charge in [-0.25, -0.2) is 13.9 Å². The van der Waals surface area contributed by atoms with Crippen LogP contribution in [0.15, 0.2) is 53.4 Å². The number of hydrogen-bond acceptors (Lipinski definition) is 6. The summed E-state index contributed by atoms with van der Waals surface area (Å²) < 4.78 is 24.9. The number of amides is 1. The molecule has 1 amide bonds. The summed E-state index contributed by atoms with van der Waals surface area (Å²) in [4.78, 5) is 12.4. The molecular weight excluding hydrogens is 426 g/mol. The van der Waals surface area contributed by atoms with Gasteiger partial charge in [0.25, 0.3) is 5.91 Å². The molecule has 2 aromatic carbocycles. The number of sulfone groups is 1. The van der Waals surface area contributed by atoms with Crippen molar-refractivity contribution in [1.29, 1.82) is 0 Å². The molecular formula is C21H26ClN3O4S. The second kappa shape index (κ2) is 8.93. The van der Waals surface area contributed by atoms with Crippen LogP contribution in [-0.4, -0.2) is 43.4 Å². The van der Waals surface area contributed by atoms with Crippen molar-refractivity contribution in [3.63, 3.8) is 0 Å². The summed E-state index contributed by atoms with van der Waals surface area (Å²) in [6, 6.07) is 15.2. The summed E-state index contributed by atoms with van der Waals surface area (Å²) >= 11 is 0. The van der Waals surface area contributed by atoms with E-state index in [0.29, 0.717) is 13.1 Å². The van der Waals surface area contributed by atoms with Gasteiger partial charge in [0.15, 0.2) is 14.6 Å². The Labute approximate surface area is 182 Å². The van der Waals surface area contributed by atoms with Crippen molar-refractivity contribution in [3.05, 3.63) is 59.7 Å². The van der Waals surface area contributed by atoms with Crippen LogP contribution in [0.25, 0.3) is 0 Å². The highest BCUT2D eigenvalue weighted by Crippen LogP contribution is 2.35. The molecule has 1 heterocycles. The number of anilines is 1. The highest BCUT2D eigenvalue weighted by atomic mass is 35.5. The van der Waals surface area contributed by atoms with E-state index >= 15 is 0 Å². The van der Waals surface area contributed by atoms with E-state index in [1.807, 2.05) is 12.1 Å². The van der Waals surface area contributed by atoms with E-state index < -0.39 is 20.5 Å². The lowest BCUT2D eigenvalue weighted by Crippen LogP contribution is -2.57. The number of piperidine rings is 1. The third kappa shape index (κ3) is 3.92. The number of halogens is 1. The summed E-state index contributed by atoms with van der Waals surface area (Å²) in [7, 11) is -3.96. The summed E-state index contributed by atoms with van der Waals surface area (Å²) in [5, 5.41) is 15.7. The zero-order valence-electron chi connectivity index (χ0n) is 16.4. The van der Waals surface area contributed by atoms with Gasteiger partial charge in [-0.2, -0.15) is 0 Å². The van der Waals surface area contributed by atoms with Gasteiger partial charge >= 0.3 is 0 Å². The van der Waals surface area contributed by atoms with Gasteiger partial charge in [0.1, 0.15) is 0 Å². The maximum atomic E-state index is 13.3. The van der Waals surface area contributed by atoms with Crippen LogP contribution in [0.1, 0.15) is 24.0 Å². The molecule has 9 heteroatoms. The molecule has 0 spiro atoms. The first kappa shape index (κ1) is 22.6. The highest BCUT2D eigenvalue weighted by molar-refractivity contribution is 7.93. The molecule has 7 nitrogen and oxygen atoms in total. The maximum Gasteiger partial charge on any atom is 0.265 e. The van der Waals surface area contributed by atoms with E-state index in [1.165, 1.54) is 23.3 Å². The monoisotopic (exact) mass is 451 g/mol. The molecule has 0 atom stereocenters. The first-order chi connectivity index (χ1) is 14.0. The molecule has 0 bridgehead atoms. The van der Waals surface area contributed by atoms with E-state index in [1.54, 1.807) is 17.6 Å². The van der Waals surface area contributed by atoms with Crippen LogP contribution >= 0.6 is 12.4 Å². The Hall–Kier alpha value is -2.13. The molecule has 2 aliphatic rings. The summed E-state index contributed by atoms with van der Waals surface area (Å²) in [5.74, 6) is -0.870. The third-order valence-corrected chi connectivity index (χ3v) is 8.54. The van der Waals surface area contributed by atoms with Gasteiger partial charge in [-0.1, -0.05) is 24.3 Å². The Balaban J connectivity index is 0.00000256. The van der Waals surface area contributed by atoms with Crippen molar-refractivity contribution in [3.8, 4) is 0 Å².